The second-order valence-corrected chi connectivity index (χ2v) is 5.03. The lowest BCUT2D eigenvalue weighted by Gasteiger charge is -2.20. The van der Waals surface area contributed by atoms with Crippen LogP contribution in [0.2, 0.25) is 0 Å². The minimum Gasteiger partial charge on any atom is -0.437 e. The van der Waals surface area contributed by atoms with Crippen LogP contribution in [-0.4, -0.2) is 11.1 Å². The predicted octanol–water partition coefficient (Wildman–Crippen LogP) is 4.33. The monoisotopic (exact) mass is 286 g/mol. The molecule has 0 aliphatic heterocycles. The van der Waals surface area contributed by atoms with Gasteiger partial charge in [0.25, 0.3) is 0 Å². The number of para-hydroxylation sites is 1. The largest absolute Gasteiger partial charge is 0.437 e. The summed E-state index contributed by atoms with van der Waals surface area (Å²) in [6.45, 7) is 6.20. The fraction of sp³-hybridized carbons (Fsp3) is 0.353. The van der Waals surface area contributed by atoms with Crippen molar-refractivity contribution in [3.8, 4) is 11.6 Å². The molecule has 21 heavy (non-hydrogen) atoms. The molecule has 1 heterocycles. The number of pyridine rings is 1. The molecule has 2 unspecified atom stereocenters. The highest BCUT2D eigenvalue weighted by Gasteiger charge is 2.15. The lowest BCUT2D eigenvalue weighted by atomic mass is 10.1. The summed E-state index contributed by atoms with van der Waals surface area (Å²) < 4.78 is 11.8. The van der Waals surface area contributed by atoms with Gasteiger partial charge in [0.1, 0.15) is 5.75 Å². The maximum atomic E-state index is 5.96. The van der Waals surface area contributed by atoms with Gasteiger partial charge in [0.05, 0.1) is 17.9 Å². The Hall–Kier alpha value is -2.07. The first-order chi connectivity index (χ1) is 10.1. The zero-order chi connectivity index (χ0) is 15.2. The smallest absolute Gasteiger partial charge is 0.242 e. The van der Waals surface area contributed by atoms with E-state index in [4.69, 9.17) is 15.2 Å². The summed E-state index contributed by atoms with van der Waals surface area (Å²) in [5, 5.41) is 0. The first-order valence-corrected chi connectivity index (χ1v) is 7.24. The molecule has 0 radical (unpaired) electrons. The normalized spacial score (nSPS) is 13.7. The van der Waals surface area contributed by atoms with Gasteiger partial charge in [-0.2, -0.15) is 0 Å². The molecule has 0 aliphatic rings. The molecule has 0 saturated carbocycles. The minimum atomic E-state index is -0.0545. The molecule has 2 atom stereocenters. The van der Waals surface area contributed by atoms with Crippen molar-refractivity contribution < 1.29 is 9.47 Å². The fourth-order valence-electron chi connectivity index (χ4n) is 2.02. The van der Waals surface area contributed by atoms with E-state index in [1.165, 1.54) is 0 Å². The number of ether oxygens (including phenoxy) is 2. The van der Waals surface area contributed by atoms with Crippen LogP contribution in [0.25, 0.3) is 0 Å². The second-order valence-electron chi connectivity index (χ2n) is 5.03. The standard InChI is InChI=1S/C17H22N2O2/c1-4-12(2)20-13(3)14-8-5-6-10-16(14)21-17-15(18)9-7-11-19-17/h5-13H,4,18H2,1-3H3. The van der Waals surface area contributed by atoms with Crippen molar-refractivity contribution in [1.29, 1.82) is 0 Å². The van der Waals surface area contributed by atoms with Crippen molar-refractivity contribution in [3.05, 3.63) is 48.2 Å². The lowest BCUT2D eigenvalue weighted by molar-refractivity contribution is 0.00456. The van der Waals surface area contributed by atoms with E-state index in [1.54, 1.807) is 18.3 Å². The Morgan fingerprint density at radius 1 is 1.14 bits per heavy atom. The number of anilines is 1. The van der Waals surface area contributed by atoms with Crippen LogP contribution in [0.5, 0.6) is 11.6 Å². The van der Waals surface area contributed by atoms with E-state index in [1.807, 2.05) is 31.2 Å². The summed E-state index contributed by atoms with van der Waals surface area (Å²) in [4.78, 5) is 4.16. The number of aromatic nitrogens is 1. The summed E-state index contributed by atoms with van der Waals surface area (Å²) in [6, 6.07) is 11.3. The van der Waals surface area contributed by atoms with Crippen LogP contribution < -0.4 is 10.5 Å². The Labute approximate surface area is 125 Å². The third kappa shape index (κ3) is 3.95. The van der Waals surface area contributed by atoms with E-state index in [0.717, 1.165) is 17.7 Å². The van der Waals surface area contributed by atoms with Gasteiger partial charge in [-0.15, -0.1) is 0 Å². The Morgan fingerprint density at radius 2 is 1.90 bits per heavy atom. The van der Waals surface area contributed by atoms with Gasteiger partial charge in [0.15, 0.2) is 0 Å². The number of hydrogen-bond donors (Lipinski definition) is 1. The van der Waals surface area contributed by atoms with Crippen molar-refractivity contribution in [1.82, 2.24) is 4.98 Å². The Bertz CT molecular complexity index is 587. The third-order valence-corrected chi connectivity index (χ3v) is 3.38. The molecule has 0 bridgehead atoms. The molecule has 2 rings (SSSR count). The summed E-state index contributed by atoms with van der Waals surface area (Å²) in [5.41, 5.74) is 7.38. The summed E-state index contributed by atoms with van der Waals surface area (Å²) >= 11 is 0. The summed E-state index contributed by atoms with van der Waals surface area (Å²) in [6.07, 6.45) is 2.78. The van der Waals surface area contributed by atoms with E-state index in [2.05, 4.69) is 18.8 Å². The van der Waals surface area contributed by atoms with Gasteiger partial charge in [-0.3, -0.25) is 0 Å². The van der Waals surface area contributed by atoms with E-state index in [9.17, 15) is 0 Å². The summed E-state index contributed by atoms with van der Waals surface area (Å²) in [7, 11) is 0. The van der Waals surface area contributed by atoms with Gasteiger partial charge < -0.3 is 15.2 Å². The van der Waals surface area contributed by atoms with E-state index >= 15 is 0 Å². The molecule has 2 N–H and O–H groups in total. The number of nitrogens with two attached hydrogens (primary N) is 1. The van der Waals surface area contributed by atoms with Crippen molar-refractivity contribution in [2.45, 2.75) is 39.4 Å². The highest BCUT2D eigenvalue weighted by molar-refractivity contribution is 5.50. The average molecular weight is 286 g/mol. The van der Waals surface area contributed by atoms with Crippen LogP contribution in [0, 0.1) is 0 Å². The molecule has 1 aromatic heterocycles. The first kappa shape index (κ1) is 15.3. The van der Waals surface area contributed by atoms with E-state index in [0.29, 0.717) is 11.6 Å². The predicted molar refractivity (Wildman–Crippen MR) is 84.4 cm³/mol. The molecular formula is C17H22N2O2. The van der Waals surface area contributed by atoms with Crippen LogP contribution in [-0.2, 0) is 4.74 Å². The molecule has 2 aromatic rings. The maximum absolute atomic E-state index is 5.96. The molecular weight excluding hydrogens is 264 g/mol. The van der Waals surface area contributed by atoms with Crippen molar-refractivity contribution in [2.75, 3.05) is 5.73 Å². The van der Waals surface area contributed by atoms with Gasteiger partial charge in [0.2, 0.25) is 5.88 Å². The molecule has 0 saturated heterocycles. The molecule has 0 fully saturated rings. The van der Waals surface area contributed by atoms with Crippen LogP contribution in [0.15, 0.2) is 42.6 Å². The zero-order valence-corrected chi connectivity index (χ0v) is 12.7. The highest BCUT2D eigenvalue weighted by Crippen LogP contribution is 2.32. The van der Waals surface area contributed by atoms with Crippen LogP contribution in [0.3, 0.4) is 0 Å². The van der Waals surface area contributed by atoms with Crippen molar-refractivity contribution in [3.63, 3.8) is 0 Å². The Morgan fingerprint density at radius 3 is 2.62 bits per heavy atom. The van der Waals surface area contributed by atoms with Gasteiger partial charge in [-0.25, -0.2) is 4.98 Å². The molecule has 0 amide bonds. The van der Waals surface area contributed by atoms with Crippen molar-refractivity contribution >= 4 is 5.69 Å². The van der Waals surface area contributed by atoms with E-state index in [-0.39, 0.29) is 12.2 Å². The lowest BCUT2D eigenvalue weighted by Crippen LogP contribution is -2.11. The first-order valence-electron chi connectivity index (χ1n) is 7.24. The zero-order valence-electron chi connectivity index (χ0n) is 12.7. The van der Waals surface area contributed by atoms with Gasteiger partial charge >= 0.3 is 0 Å². The second kappa shape index (κ2) is 7.09. The van der Waals surface area contributed by atoms with Gasteiger partial charge in [0, 0.05) is 11.8 Å². The molecule has 112 valence electrons. The van der Waals surface area contributed by atoms with Crippen LogP contribution in [0.4, 0.5) is 5.69 Å². The number of hydrogen-bond acceptors (Lipinski definition) is 4. The Balaban J connectivity index is 2.23. The van der Waals surface area contributed by atoms with Crippen LogP contribution >= 0.6 is 0 Å². The highest BCUT2D eigenvalue weighted by atomic mass is 16.5. The molecule has 1 aromatic carbocycles. The molecule has 0 aliphatic carbocycles. The Kier molecular flexibility index (Phi) is 5.17. The topological polar surface area (TPSA) is 57.4 Å². The number of nitrogen functional groups attached to an aromatic ring is 1. The van der Waals surface area contributed by atoms with Crippen LogP contribution in [0.1, 0.15) is 38.9 Å². The maximum Gasteiger partial charge on any atom is 0.242 e. The SMILES string of the molecule is CCC(C)OC(C)c1ccccc1Oc1ncccc1N. The van der Waals surface area contributed by atoms with Gasteiger partial charge in [-0.05, 0) is 38.5 Å². The third-order valence-electron chi connectivity index (χ3n) is 3.38. The quantitative estimate of drug-likeness (QED) is 0.858. The minimum absolute atomic E-state index is 0.0545. The average Bonchev–Trinajstić information content (AvgIpc) is 2.50. The number of nitrogens with zero attached hydrogens (tertiary/aromatic N) is 1. The summed E-state index contributed by atoms with van der Waals surface area (Å²) in [5.74, 6) is 1.14. The number of rotatable bonds is 6. The number of benzene rings is 1. The molecule has 4 heteroatoms. The van der Waals surface area contributed by atoms with Crippen molar-refractivity contribution in [2.24, 2.45) is 0 Å². The molecule has 4 nitrogen and oxygen atoms in total. The fourth-order valence-corrected chi connectivity index (χ4v) is 2.02. The van der Waals surface area contributed by atoms with E-state index < -0.39 is 0 Å². The van der Waals surface area contributed by atoms with Gasteiger partial charge in [-0.1, -0.05) is 25.1 Å². The molecule has 0 spiro atoms.